The first kappa shape index (κ1) is 11.8. The van der Waals surface area contributed by atoms with Gasteiger partial charge in [-0.15, -0.1) is 0 Å². The Morgan fingerprint density at radius 1 is 0.882 bits per heavy atom. The maximum atomic E-state index is 13.5. The molecule has 88 valence electrons. The highest BCUT2D eigenvalue weighted by molar-refractivity contribution is 6.33. The number of nitrogens with two attached hydrogens (primary N) is 1. The van der Waals surface area contributed by atoms with Crippen molar-refractivity contribution < 1.29 is 13.2 Å². The number of benzene rings is 2. The van der Waals surface area contributed by atoms with Crippen molar-refractivity contribution in [2.45, 2.75) is 0 Å². The molecule has 0 bridgehead atoms. The van der Waals surface area contributed by atoms with Gasteiger partial charge in [-0.25, -0.2) is 13.2 Å². The average Bonchev–Trinajstić information content (AvgIpc) is 2.27. The molecule has 1 nitrogen and oxygen atoms in total. The van der Waals surface area contributed by atoms with Crippen LogP contribution in [0.2, 0.25) is 5.02 Å². The normalized spacial score (nSPS) is 10.6. The van der Waals surface area contributed by atoms with Gasteiger partial charge in [-0.2, -0.15) is 0 Å². The quantitative estimate of drug-likeness (QED) is 0.768. The molecule has 0 amide bonds. The van der Waals surface area contributed by atoms with Crippen LogP contribution in [0.4, 0.5) is 18.9 Å². The second-order valence-electron chi connectivity index (χ2n) is 3.47. The standard InChI is InChI=1S/C12H7ClF3N/c13-10-5-7(15)4-9(12(10)17)8-3-6(14)1-2-11(8)16/h1-5H,17H2. The number of nitrogen functional groups attached to an aromatic ring is 1. The molecule has 0 aliphatic carbocycles. The van der Waals surface area contributed by atoms with Crippen LogP contribution in [0.5, 0.6) is 0 Å². The lowest BCUT2D eigenvalue weighted by Crippen LogP contribution is -1.95. The summed E-state index contributed by atoms with van der Waals surface area (Å²) in [6, 6.07) is 4.88. The van der Waals surface area contributed by atoms with E-state index in [9.17, 15) is 13.2 Å². The monoisotopic (exact) mass is 257 g/mol. The number of hydrogen-bond donors (Lipinski definition) is 1. The van der Waals surface area contributed by atoms with Crippen LogP contribution in [-0.4, -0.2) is 0 Å². The van der Waals surface area contributed by atoms with Gasteiger partial charge in [-0.05, 0) is 30.3 Å². The summed E-state index contributed by atoms with van der Waals surface area (Å²) in [7, 11) is 0. The summed E-state index contributed by atoms with van der Waals surface area (Å²) in [5.74, 6) is -2.00. The van der Waals surface area contributed by atoms with E-state index in [-0.39, 0.29) is 21.8 Å². The van der Waals surface area contributed by atoms with Crippen LogP contribution in [0.25, 0.3) is 11.1 Å². The summed E-state index contributed by atoms with van der Waals surface area (Å²) in [6.07, 6.45) is 0. The Labute approximate surface area is 101 Å². The van der Waals surface area contributed by atoms with Gasteiger partial charge in [0.1, 0.15) is 17.5 Å². The third-order valence-electron chi connectivity index (χ3n) is 2.31. The van der Waals surface area contributed by atoms with Crippen molar-refractivity contribution in [3.05, 3.63) is 52.8 Å². The van der Waals surface area contributed by atoms with Crippen LogP contribution in [0.3, 0.4) is 0 Å². The number of halogens is 4. The van der Waals surface area contributed by atoms with Gasteiger partial charge in [0.05, 0.1) is 10.7 Å². The Kier molecular flexibility index (Phi) is 2.98. The molecule has 17 heavy (non-hydrogen) atoms. The van der Waals surface area contributed by atoms with E-state index < -0.39 is 17.5 Å². The van der Waals surface area contributed by atoms with Gasteiger partial charge < -0.3 is 5.73 Å². The van der Waals surface area contributed by atoms with Gasteiger partial charge in [0.25, 0.3) is 0 Å². The molecule has 0 aromatic heterocycles. The second-order valence-corrected chi connectivity index (χ2v) is 3.88. The van der Waals surface area contributed by atoms with Crippen LogP contribution in [0.15, 0.2) is 30.3 Å². The molecule has 0 radical (unpaired) electrons. The summed E-state index contributed by atoms with van der Waals surface area (Å²) in [6.45, 7) is 0. The molecule has 0 saturated carbocycles. The molecule has 0 aliphatic heterocycles. The van der Waals surface area contributed by atoms with Gasteiger partial charge in [0, 0.05) is 11.1 Å². The fourth-order valence-corrected chi connectivity index (χ4v) is 1.72. The minimum absolute atomic E-state index is 0.0116. The van der Waals surface area contributed by atoms with Crippen molar-refractivity contribution in [1.29, 1.82) is 0 Å². The van der Waals surface area contributed by atoms with Gasteiger partial charge in [0.2, 0.25) is 0 Å². The number of hydrogen-bond acceptors (Lipinski definition) is 1. The molecular formula is C12H7ClF3N. The van der Waals surface area contributed by atoms with E-state index in [1.165, 1.54) is 0 Å². The van der Waals surface area contributed by atoms with E-state index >= 15 is 0 Å². The molecule has 0 saturated heterocycles. The summed E-state index contributed by atoms with van der Waals surface area (Å²) >= 11 is 5.68. The third-order valence-corrected chi connectivity index (χ3v) is 2.63. The molecule has 0 heterocycles. The SMILES string of the molecule is Nc1c(Cl)cc(F)cc1-c1cc(F)ccc1F. The highest BCUT2D eigenvalue weighted by Crippen LogP contribution is 2.34. The van der Waals surface area contributed by atoms with Gasteiger partial charge >= 0.3 is 0 Å². The van der Waals surface area contributed by atoms with Crippen molar-refractivity contribution in [3.8, 4) is 11.1 Å². The maximum Gasteiger partial charge on any atom is 0.131 e. The number of rotatable bonds is 1. The van der Waals surface area contributed by atoms with Crippen LogP contribution >= 0.6 is 11.6 Å². The first-order chi connectivity index (χ1) is 7.99. The summed E-state index contributed by atoms with van der Waals surface area (Å²) in [5, 5.41) is -0.0383. The number of anilines is 1. The van der Waals surface area contributed by atoms with Crippen LogP contribution in [0, 0.1) is 17.5 Å². The average molecular weight is 258 g/mol. The first-order valence-electron chi connectivity index (χ1n) is 4.69. The zero-order valence-corrected chi connectivity index (χ0v) is 9.23. The van der Waals surface area contributed by atoms with E-state index in [0.29, 0.717) is 0 Å². The topological polar surface area (TPSA) is 26.0 Å². The molecule has 0 aliphatic rings. The van der Waals surface area contributed by atoms with Crippen molar-refractivity contribution in [2.75, 3.05) is 5.73 Å². The lowest BCUT2D eigenvalue weighted by atomic mass is 10.0. The van der Waals surface area contributed by atoms with Crippen LogP contribution in [-0.2, 0) is 0 Å². The van der Waals surface area contributed by atoms with E-state index in [2.05, 4.69) is 0 Å². The van der Waals surface area contributed by atoms with Crippen LogP contribution < -0.4 is 5.73 Å². The largest absolute Gasteiger partial charge is 0.397 e. The fraction of sp³-hybridized carbons (Fsp3) is 0. The van der Waals surface area contributed by atoms with Crippen molar-refractivity contribution >= 4 is 17.3 Å². The minimum Gasteiger partial charge on any atom is -0.397 e. The zero-order chi connectivity index (χ0) is 12.6. The first-order valence-corrected chi connectivity index (χ1v) is 5.07. The van der Waals surface area contributed by atoms with Crippen molar-refractivity contribution in [2.24, 2.45) is 0 Å². The predicted molar refractivity (Wildman–Crippen MR) is 61.2 cm³/mol. The minimum atomic E-state index is -0.695. The van der Waals surface area contributed by atoms with Crippen molar-refractivity contribution in [3.63, 3.8) is 0 Å². The lowest BCUT2D eigenvalue weighted by Gasteiger charge is -2.09. The molecule has 0 atom stereocenters. The second kappa shape index (κ2) is 4.30. The molecule has 5 heteroatoms. The van der Waals surface area contributed by atoms with Crippen molar-refractivity contribution in [1.82, 2.24) is 0 Å². The Hall–Kier alpha value is -1.68. The highest BCUT2D eigenvalue weighted by Gasteiger charge is 2.13. The van der Waals surface area contributed by atoms with Gasteiger partial charge in [0.15, 0.2) is 0 Å². The maximum absolute atomic E-state index is 13.5. The summed E-state index contributed by atoms with van der Waals surface area (Å²) in [4.78, 5) is 0. The van der Waals surface area contributed by atoms with Gasteiger partial charge in [-0.3, -0.25) is 0 Å². The molecule has 2 aromatic rings. The molecule has 2 rings (SSSR count). The van der Waals surface area contributed by atoms with E-state index in [1.807, 2.05) is 0 Å². The Morgan fingerprint density at radius 2 is 1.53 bits per heavy atom. The lowest BCUT2D eigenvalue weighted by molar-refractivity contribution is 0.602. The Balaban J connectivity index is 2.72. The molecule has 0 spiro atoms. The van der Waals surface area contributed by atoms with E-state index in [0.717, 1.165) is 30.3 Å². The molecule has 0 unspecified atom stereocenters. The molecule has 2 aromatic carbocycles. The Bertz CT molecular complexity index is 584. The highest BCUT2D eigenvalue weighted by atomic mass is 35.5. The molecular weight excluding hydrogens is 251 g/mol. The molecule has 2 N–H and O–H groups in total. The van der Waals surface area contributed by atoms with Gasteiger partial charge in [-0.1, -0.05) is 11.6 Å². The van der Waals surface area contributed by atoms with E-state index in [4.69, 9.17) is 17.3 Å². The van der Waals surface area contributed by atoms with E-state index in [1.54, 1.807) is 0 Å². The summed E-state index contributed by atoms with van der Waals surface area (Å²) in [5.41, 5.74) is 5.54. The fourth-order valence-electron chi connectivity index (χ4n) is 1.51. The molecule has 0 fully saturated rings. The third kappa shape index (κ3) is 2.22. The summed E-state index contributed by atoms with van der Waals surface area (Å²) < 4.78 is 39.7. The Morgan fingerprint density at radius 3 is 2.24 bits per heavy atom. The van der Waals surface area contributed by atoms with Crippen LogP contribution in [0.1, 0.15) is 0 Å². The zero-order valence-electron chi connectivity index (χ0n) is 8.48. The smallest absolute Gasteiger partial charge is 0.131 e. The predicted octanol–water partition coefficient (Wildman–Crippen LogP) is 4.01.